The van der Waals surface area contributed by atoms with Crippen LogP contribution < -0.4 is 5.32 Å². The van der Waals surface area contributed by atoms with Gasteiger partial charge in [0.1, 0.15) is 0 Å². The Morgan fingerprint density at radius 3 is 1.75 bits per heavy atom. The summed E-state index contributed by atoms with van der Waals surface area (Å²) in [5, 5.41) is 3.73. The maximum atomic E-state index is 3.73. The molecule has 0 radical (unpaired) electrons. The second-order valence-electron chi connectivity index (χ2n) is 5.96. The molecule has 0 aromatic heterocycles. The molecule has 0 saturated heterocycles. The third-order valence-electron chi connectivity index (χ3n) is 4.17. The quantitative estimate of drug-likeness (QED) is 0.607. The van der Waals surface area contributed by atoms with E-state index in [9.17, 15) is 0 Å². The lowest BCUT2D eigenvalue weighted by molar-refractivity contribution is 0.528. The van der Waals surface area contributed by atoms with Crippen LogP contribution in [0.4, 0.5) is 0 Å². The monoisotopic (exact) mass is 313 g/mol. The largest absolute Gasteiger partial charge is 0.300 e. The molecular formula is C23H23N. The molecule has 1 N–H and O–H groups in total. The first kappa shape index (κ1) is 16.2. The highest BCUT2D eigenvalue weighted by Crippen LogP contribution is 2.21. The van der Waals surface area contributed by atoms with E-state index in [-0.39, 0.29) is 12.1 Å². The van der Waals surface area contributed by atoms with Crippen molar-refractivity contribution in [3.8, 4) is 0 Å². The zero-order valence-electron chi connectivity index (χ0n) is 14.0. The van der Waals surface area contributed by atoms with Gasteiger partial charge in [0.15, 0.2) is 0 Å². The molecule has 0 aliphatic heterocycles. The van der Waals surface area contributed by atoms with Crippen molar-refractivity contribution in [3.63, 3.8) is 0 Å². The van der Waals surface area contributed by atoms with Crippen LogP contribution in [0.5, 0.6) is 0 Å². The van der Waals surface area contributed by atoms with Crippen molar-refractivity contribution in [3.05, 3.63) is 114 Å². The lowest BCUT2D eigenvalue weighted by Crippen LogP contribution is -2.23. The summed E-state index contributed by atoms with van der Waals surface area (Å²) < 4.78 is 0. The Bertz CT molecular complexity index is 748. The second-order valence-corrected chi connectivity index (χ2v) is 5.96. The normalized spacial score (nSPS) is 13.7. The molecule has 120 valence electrons. The molecule has 0 saturated carbocycles. The van der Waals surface area contributed by atoms with Gasteiger partial charge in [-0.2, -0.15) is 0 Å². The fourth-order valence-corrected chi connectivity index (χ4v) is 2.80. The van der Waals surface area contributed by atoms with Gasteiger partial charge in [-0.3, -0.25) is 0 Å². The van der Waals surface area contributed by atoms with Crippen LogP contribution in [0.2, 0.25) is 0 Å². The van der Waals surface area contributed by atoms with Gasteiger partial charge in [-0.1, -0.05) is 103 Å². The minimum atomic E-state index is 0.168. The van der Waals surface area contributed by atoms with E-state index in [2.05, 4.69) is 109 Å². The van der Waals surface area contributed by atoms with Crippen molar-refractivity contribution < 1.29 is 0 Å². The molecule has 0 spiro atoms. The van der Waals surface area contributed by atoms with E-state index in [1.807, 2.05) is 6.07 Å². The molecule has 2 atom stereocenters. The average molecular weight is 313 g/mol. The fourth-order valence-electron chi connectivity index (χ4n) is 2.80. The minimum Gasteiger partial charge on any atom is -0.300 e. The van der Waals surface area contributed by atoms with Crippen molar-refractivity contribution in [2.75, 3.05) is 0 Å². The molecule has 1 nitrogen and oxygen atoms in total. The number of benzene rings is 3. The van der Waals surface area contributed by atoms with Crippen LogP contribution in [0.25, 0.3) is 6.08 Å². The van der Waals surface area contributed by atoms with Crippen LogP contribution >= 0.6 is 0 Å². The third kappa shape index (κ3) is 4.43. The molecule has 1 heteroatoms. The van der Waals surface area contributed by atoms with Gasteiger partial charge in [-0.05, 0) is 23.6 Å². The predicted octanol–water partition coefficient (Wildman–Crippen LogP) is 5.79. The van der Waals surface area contributed by atoms with E-state index in [1.54, 1.807) is 0 Å². The highest BCUT2D eigenvalue weighted by atomic mass is 14.9. The van der Waals surface area contributed by atoms with Gasteiger partial charge < -0.3 is 5.32 Å². The summed E-state index contributed by atoms with van der Waals surface area (Å²) >= 11 is 0. The van der Waals surface area contributed by atoms with E-state index in [1.165, 1.54) is 16.7 Å². The van der Waals surface area contributed by atoms with Gasteiger partial charge in [0.25, 0.3) is 0 Å². The van der Waals surface area contributed by atoms with Gasteiger partial charge >= 0.3 is 0 Å². The van der Waals surface area contributed by atoms with E-state index in [0.717, 1.165) is 0 Å². The van der Waals surface area contributed by atoms with Gasteiger partial charge in [-0.25, -0.2) is 0 Å². The average Bonchev–Trinajstić information content (AvgIpc) is 2.67. The van der Waals surface area contributed by atoms with Crippen LogP contribution in [0.1, 0.15) is 35.7 Å². The maximum absolute atomic E-state index is 3.73. The summed E-state index contributed by atoms with van der Waals surface area (Å²) in [7, 11) is 0. The number of hydrogen-bond acceptors (Lipinski definition) is 1. The van der Waals surface area contributed by atoms with Crippen molar-refractivity contribution in [2.45, 2.75) is 19.0 Å². The SMILES string of the molecule is C[C@H](N[C@@H](/C=C/c1ccccc1)c1ccccc1)c1ccccc1. The second kappa shape index (κ2) is 8.28. The van der Waals surface area contributed by atoms with E-state index >= 15 is 0 Å². The Morgan fingerprint density at radius 1 is 0.667 bits per heavy atom. The molecule has 3 aromatic rings. The number of nitrogens with one attached hydrogen (secondary N) is 1. The molecule has 0 unspecified atom stereocenters. The Morgan fingerprint density at radius 2 is 1.17 bits per heavy atom. The summed E-state index contributed by atoms with van der Waals surface area (Å²) in [4.78, 5) is 0. The van der Waals surface area contributed by atoms with Crippen LogP contribution in [0.15, 0.2) is 97.1 Å². The zero-order valence-corrected chi connectivity index (χ0v) is 14.0. The van der Waals surface area contributed by atoms with E-state index in [0.29, 0.717) is 0 Å². The molecule has 0 bridgehead atoms. The van der Waals surface area contributed by atoms with Gasteiger partial charge in [0.2, 0.25) is 0 Å². The summed E-state index contributed by atoms with van der Waals surface area (Å²) in [6.07, 6.45) is 4.42. The maximum Gasteiger partial charge on any atom is 0.0514 e. The Hall–Kier alpha value is -2.64. The summed E-state index contributed by atoms with van der Waals surface area (Å²) in [5.41, 5.74) is 3.78. The first-order valence-corrected chi connectivity index (χ1v) is 8.42. The highest BCUT2D eigenvalue weighted by molar-refractivity contribution is 5.50. The third-order valence-corrected chi connectivity index (χ3v) is 4.17. The van der Waals surface area contributed by atoms with Crippen molar-refractivity contribution >= 4 is 6.08 Å². The molecule has 0 aliphatic carbocycles. The first-order chi connectivity index (χ1) is 11.8. The van der Waals surface area contributed by atoms with E-state index < -0.39 is 0 Å². The lowest BCUT2D eigenvalue weighted by atomic mass is 10.0. The molecule has 3 rings (SSSR count). The summed E-state index contributed by atoms with van der Waals surface area (Å²) in [6, 6.07) is 32.0. The Balaban J connectivity index is 1.81. The van der Waals surface area contributed by atoms with Crippen LogP contribution in [0, 0.1) is 0 Å². The Labute approximate surface area is 144 Å². The number of hydrogen-bond donors (Lipinski definition) is 1. The fraction of sp³-hybridized carbons (Fsp3) is 0.130. The smallest absolute Gasteiger partial charge is 0.0514 e. The van der Waals surface area contributed by atoms with Crippen LogP contribution in [-0.2, 0) is 0 Å². The predicted molar refractivity (Wildman–Crippen MR) is 103 cm³/mol. The van der Waals surface area contributed by atoms with Gasteiger partial charge in [0.05, 0.1) is 6.04 Å². The number of rotatable bonds is 6. The van der Waals surface area contributed by atoms with Crippen LogP contribution in [-0.4, -0.2) is 0 Å². The minimum absolute atomic E-state index is 0.168. The van der Waals surface area contributed by atoms with E-state index in [4.69, 9.17) is 0 Å². The molecule has 0 amide bonds. The van der Waals surface area contributed by atoms with Gasteiger partial charge in [-0.15, -0.1) is 0 Å². The van der Waals surface area contributed by atoms with Crippen molar-refractivity contribution in [1.29, 1.82) is 0 Å². The molecule has 0 heterocycles. The Kier molecular flexibility index (Phi) is 5.60. The highest BCUT2D eigenvalue weighted by Gasteiger charge is 2.12. The van der Waals surface area contributed by atoms with Gasteiger partial charge in [0, 0.05) is 6.04 Å². The lowest BCUT2D eigenvalue weighted by Gasteiger charge is -2.22. The first-order valence-electron chi connectivity index (χ1n) is 8.42. The summed E-state index contributed by atoms with van der Waals surface area (Å²) in [6.45, 7) is 2.21. The molecule has 3 aromatic carbocycles. The standard InChI is InChI=1S/C23H23N/c1-19(21-13-7-3-8-14-21)24-23(22-15-9-4-10-16-22)18-17-20-11-5-2-6-12-20/h2-19,23-24H,1H3/b18-17+/t19-,23-/m0/s1. The molecule has 0 aliphatic rings. The molecule has 24 heavy (non-hydrogen) atoms. The topological polar surface area (TPSA) is 12.0 Å². The molecular weight excluding hydrogens is 290 g/mol. The zero-order chi connectivity index (χ0) is 16.6. The molecule has 0 fully saturated rings. The van der Waals surface area contributed by atoms with Crippen molar-refractivity contribution in [1.82, 2.24) is 5.32 Å². The van der Waals surface area contributed by atoms with Crippen molar-refractivity contribution in [2.24, 2.45) is 0 Å². The van der Waals surface area contributed by atoms with Crippen LogP contribution in [0.3, 0.4) is 0 Å². The summed E-state index contributed by atoms with van der Waals surface area (Å²) in [5.74, 6) is 0.